The highest BCUT2D eigenvalue weighted by atomic mass is 16.2. The van der Waals surface area contributed by atoms with Crippen molar-refractivity contribution in [2.24, 2.45) is 10.2 Å². The first-order chi connectivity index (χ1) is 12.7. The molecule has 0 spiro atoms. The fraction of sp³-hybridized carbons (Fsp3) is 0.200. The van der Waals surface area contributed by atoms with Crippen molar-refractivity contribution >= 4 is 24.2 Å². The van der Waals surface area contributed by atoms with Crippen LogP contribution in [0.5, 0.6) is 0 Å². The van der Waals surface area contributed by atoms with Crippen molar-refractivity contribution in [2.45, 2.75) is 25.7 Å². The van der Waals surface area contributed by atoms with Gasteiger partial charge in [0.25, 0.3) is 0 Å². The lowest BCUT2D eigenvalue weighted by Crippen LogP contribution is -2.19. The zero-order valence-corrected chi connectivity index (χ0v) is 14.5. The lowest BCUT2D eigenvalue weighted by atomic mass is 10.2. The molecule has 0 saturated carbocycles. The van der Waals surface area contributed by atoms with Gasteiger partial charge in [-0.2, -0.15) is 10.2 Å². The summed E-state index contributed by atoms with van der Waals surface area (Å²) in [5.41, 5.74) is 6.79. The van der Waals surface area contributed by atoms with E-state index in [1.807, 2.05) is 60.7 Å². The number of benzene rings is 2. The molecule has 0 fully saturated rings. The molecular weight excluding hydrogens is 328 g/mol. The van der Waals surface area contributed by atoms with Gasteiger partial charge in [0, 0.05) is 12.8 Å². The lowest BCUT2D eigenvalue weighted by Gasteiger charge is -2.01. The Morgan fingerprint density at radius 2 is 1.08 bits per heavy atom. The summed E-state index contributed by atoms with van der Waals surface area (Å²) in [7, 11) is 0. The molecule has 0 aliphatic rings. The van der Waals surface area contributed by atoms with E-state index in [-0.39, 0.29) is 11.8 Å². The number of rotatable bonds is 9. The van der Waals surface area contributed by atoms with Gasteiger partial charge in [0.05, 0.1) is 12.4 Å². The second kappa shape index (κ2) is 11.3. The third-order valence-corrected chi connectivity index (χ3v) is 3.46. The van der Waals surface area contributed by atoms with E-state index < -0.39 is 0 Å². The number of unbranched alkanes of at least 4 members (excludes halogenated alkanes) is 1. The molecule has 2 N–H and O–H groups in total. The van der Waals surface area contributed by atoms with Crippen LogP contribution in [0.25, 0.3) is 0 Å². The number of nitrogens with zero attached hydrogens (tertiary/aromatic N) is 2. The van der Waals surface area contributed by atoms with Crippen molar-refractivity contribution in [1.82, 2.24) is 10.9 Å². The predicted molar refractivity (Wildman–Crippen MR) is 103 cm³/mol. The van der Waals surface area contributed by atoms with Crippen LogP contribution in [0.3, 0.4) is 0 Å². The summed E-state index contributed by atoms with van der Waals surface area (Å²) < 4.78 is 0. The molecule has 2 amide bonds. The topological polar surface area (TPSA) is 82.9 Å². The van der Waals surface area contributed by atoms with Crippen LogP contribution >= 0.6 is 0 Å². The summed E-state index contributed by atoms with van der Waals surface area (Å²) in [5, 5.41) is 7.80. The second-order valence-corrected chi connectivity index (χ2v) is 5.61. The van der Waals surface area contributed by atoms with E-state index in [0.29, 0.717) is 25.7 Å². The highest BCUT2D eigenvalue weighted by Gasteiger charge is 2.02. The minimum atomic E-state index is -0.167. The van der Waals surface area contributed by atoms with Gasteiger partial charge < -0.3 is 0 Å². The molecule has 6 heteroatoms. The molecule has 2 aromatic carbocycles. The van der Waals surface area contributed by atoms with E-state index in [9.17, 15) is 9.59 Å². The average Bonchev–Trinajstić information content (AvgIpc) is 2.67. The van der Waals surface area contributed by atoms with Crippen LogP contribution in [0.2, 0.25) is 0 Å². The Morgan fingerprint density at radius 3 is 1.46 bits per heavy atom. The third kappa shape index (κ3) is 8.01. The molecule has 0 radical (unpaired) electrons. The Hall–Kier alpha value is -3.28. The van der Waals surface area contributed by atoms with Crippen molar-refractivity contribution in [2.75, 3.05) is 0 Å². The third-order valence-electron chi connectivity index (χ3n) is 3.46. The maximum Gasteiger partial charge on any atom is 0.240 e. The van der Waals surface area contributed by atoms with Gasteiger partial charge in [-0.15, -0.1) is 0 Å². The van der Waals surface area contributed by atoms with Crippen LogP contribution in [0.15, 0.2) is 70.9 Å². The minimum Gasteiger partial charge on any atom is -0.273 e. The number of amides is 2. The summed E-state index contributed by atoms with van der Waals surface area (Å²) in [6.07, 6.45) is 5.07. The Morgan fingerprint density at radius 1 is 0.692 bits per heavy atom. The number of hydrogen-bond acceptors (Lipinski definition) is 4. The number of carbonyl (C=O) groups excluding carboxylic acids is 2. The molecule has 0 aliphatic carbocycles. The molecule has 0 aliphatic heterocycles. The van der Waals surface area contributed by atoms with Crippen LogP contribution in [0.1, 0.15) is 36.8 Å². The molecule has 0 atom stereocenters. The summed E-state index contributed by atoms with van der Waals surface area (Å²) in [6, 6.07) is 19.0. The lowest BCUT2D eigenvalue weighted by molar-refractivity contribution is -0.123. The van der Waals surface area contributed by atoms with Crippen LogP contribution < -0.4 is 10.9 Å². The maximum absolute atomic E-state index is 11.7. The summed E-state index contributed by atoms with van der Waals surface area (Å²) in [6.45, 7) is 0. The van der Waals surface area contributed by atoms with Crippen molar-refractivity contribution in [3.05, 3.63) is 71.8 Å². The minimum absolute atomic E-state index is 0.167. The van der Waals surface area contributed by atoms with E-state index in [1.54, 1.807) is 12.4 Å². The van der Waals surface area contributed by atoms with Crippen molar-refractivity contribution < 1.29 is 9.59 Å². The van der Waals surface area contributed by atoms with Crippen molar-refractivity contribution in [1.29, 1.82) is 0 Å². The Kier molecular flexibility index (Phi) is 8.28. The predicted octanol–water partition coefficient (Wildman–Crippen LogP) is 2.85. The molecule has 0 aromatic heterocycles. The monoisotopic (exact) mass is 350 g/mol. The molecule has 0 heterocycles. The Balaban J connectivity index is 1.55. The zero-order valence-electron chi connectivity index (χ0n) is 14.5. The summed E-state index contributed by atoms with van der Waals surface area (Å²) >= 11 is 0. The number of nitrogens with one attached hydrogen (secondary N) is 2. The molecule has 134 valence electrons. The molecule has 26 heavy (non-hydrogen) atoms. The van der Waals surface area contributed by atoms with Crippen molar-refractivity contribution in [3.8, 4) is 0 Å². The van der Waals surface area contributed by atoms with Gasteiger partial charge in [-0.25, -0.2) is 10.9 Å². The fourth-order valence-electron chi connectivity index (χ4n) is 2.12. The highest BCUT2D eigenvalue weighted by molar-refractivity contribution is 5.83. The Labute approximate surface area is 153 Å². The van der Waals surface area contributed by atoms with E-state index in [4.69, 9.17) is 0 Å². The van der Waals surface area contributed by atoms with Crippen LogP contribution in [-0.4, -0.2) is 24.2 Å². The molecule has 2 rings (SSSR count). The van der Waals surface area contributed by atoms with Gasteiger partial charge in [0.2, 0.25) is 11.8 Å². The highest BCUT2D eigenvalue weighted by Crippen LogP contribution is 2.00. The number of hydrazone groups is 2. The van der Waals surface area contributed by atoms with E-state index in [2.05, 4.69) is 21.1 Å². The van der Waals surface area contributed by atoms with E-state index >= 15 is 0 Å². The zero-order chi connectivity index (χ0) is 18.5. The largest absolute Gasteiger partial charge is 0.273 e. The van der Waals surface area contributed by atoms with Gasteiger partial charge in [0.15, 0.2) is 0 Å². The number of carbonyl (C=O) groups is 2. The van der Waals surface area contributed by atoms with Crippen LogP contribution in [0.4, 0.5) is 0 Å². The van der Waals surface area contributed by atoms with Crippen molar-refractivity contribution in [3.63, 3.8) is 0 Å². The first-order valence-electron chi connectivity index (χ1n) is 8.48. The maximum atomic E-state index is 11.7. The first-order valence-corrected chi connectivity index (χ1v) is 8.48. The van der Waals surface area contributed by atoms with Gasteiger partial charge in [-0.3, -0.25) is 9.59 Å². The van der Waals surface area contributed by atoms with E-state index in [0.717, 1.165) is 11.1 Å². The van der Waals surface area contributed by atoms with Gasteiger partial charge >= 0.3 is 0 Å². The molecular formula is C20H22N4O2. The van der Waals surface area contributed by atoms with Crippen LogP contribution in [0, 0.1) is 0 Å². The SMILES string of the molecule is O=C(CCCCC(=O)N/N=C\c1ccccc1)N/N=C\c1ccccc1. The summed E-state index contributed by atoms with van der Waals surface area (Å²) in [5.74, 6) is -0.334. The van der Waals surface area contributed by atoms with Gasteiger partial charge in [-0.1, -0.05) is 60.7 Å². The van der Waals surface area contributed by atoms with E-state index in [1.165, 1.54) is 0 Å². The molecule has 2 aromatic rings. The fourth-order valence-corrected chi connectivity index (χ4v) is 2.12. The normalized spacial score (nSPS) is 10.9. The quantitative estimate of drug-likeness (QED) is 0.414. The number of hydrogen-bond donors (Lipinski definition) is 2. The van der Waals surface area contributed by atoms with Gasteiger partial charge in [0.1, 0.15) is 0 Å². The summed E-state index contributed by atoms with van der Waals surface area (Å²) in [4.78, 5) is 23.3. The Bertz CT molecular complexity index is 677. The first kappa shape index (κ1) is 19.1. The smallest absolute Gasteiger partial charge is 0.240 e. The molecule has 0 saturated heterocycles. The molecule has 0 bridgehead atoms. The average molecular weight is 350 g/mol. The van der Waals surface area contributed by atoms with Gasteiger partial charge in [-0.05, 0) is 24.0 Å². The standard InChI is InChI=1S/C20H22N4O2/c25-19(23-21-15-17-9-3-1-4-10-17)13-7-8-14-20(26)24-22-16-18-11-5-2-6-12-18/h1-6,9-12,15-16H,7-8,13-14H2,(H,23,25)(H,24,26)/b21-15-,22-16-. The molecule has 0 unspecified atom stereocenters. The molecule has 6 nitrogen and oxygen atoms in total. The van der Waals surface area contributed by atoms with Crippen LogP contribution in [-0.2, 0) is 9.59 Å². The second-order valence-electron chi connectivity index (χ2n) is 5.61.